The molecule has 0 radical (unpaired) electrons. The predicted octanol–water partition coefficient (Wildman–Crippen LogP) is 3.89. The molecule has 0 aromatic rings. The van der Waals surface area contributed by atoms with E-state index in [-0.39, 0.29) is 5.75 Å². The molecule has 1 atom stereocenters. The summed E-state index contributed by atoms with van der Waals surface area (Å²) in [4.78, 5) is 0. The van der Waals surface area contributed by atoms with Crippen molar-refractivity contribution in [2.24, 2.45) is 0 Å². The summed E-state index contributed by atoms with van der Waals surface area (Å²) in [7, 11) is -3.79. The van der Waals surface area contributed by atoms with Gasteiger partial charge in [0.25, 0.3) is 10.1 Å². The molecule has 0 heterocycles. The molecule has 0 aromatic heterocycles. The van der Waals surface area contributed by atoms with Gasteiger partial charge in [0.2, 0.25) is 0 Å². The smallest absolute Gasteiger partial charge is 0.264 e. The van der Waals surface area contributed by atoms with Crippen molar-refractivity contribution in [3.8, 4) is 11.8 Å². The molecule has 0 saturated carbocycles. The minimum Gasteiger partial charge on any atom is -0.380 e. The van der Waals surface area contributed by atoms with Crippen LogP contribution in [0.3, 0.4) is 0 Å². The molecule has 2 N–H and O–H groups in total. The van der Waals surface area contributed by atoms with Crippen molar-refractivity contribution in [1.82, 2.24) is 0 Å². The summed E-state index contributed by atoms with van der Waals surface area (Å²) in [5, 5.41) is 9.56. The van der Waals surface area contributed by atoms with Crippen molar-refractivity contribution in [3.63, 3.8) is 0 Å². The Morgan fingerprint density at radius 2 is 1.65 bits per heavy atom. The van der Waals surface area contributed by atoms with E-state index >= 15 is 0 Å². The lowest BCUT2D eigenvalue weighted by Crippen LogP contribution is -2.04. The van der Waals surface area contributed by atoms with E-state index in [1.165, 1.54) is 19.3 Å². The van der Waals surface area contributed by atoms with Crippen LogP contribution in [-0.2, 0) is 10.1 Å². The molecule has 136 valence electrons. The Kier molecular flexibility index (Phi) is 15.2. The lowest BCUT2D eigenvalue weighted by Gasteiger charge is -2.02. The van der Waals surface area contributed by atoms with Gasteiger partial charge in [0.05, 0.1) is 5.75 Å². The van der Waals surface area contributed by atoms with Crippen LogP contribution < -0.4 is 0 Å². The summed E-state index contributed by atoms with van der Waals surface area (Å²) in [5.41, 5.74) is 0. The third kappa shape index (κ3) is 19.7. The van der Waals surface area contributed by atoms with E-state index in [2.05, 4.69) is 18.8 Å². The van der Waals surface area contributed by atoms with Crippen molar-refractivity contribution in [1.29, 1.82) is 0 Å². The van der Waals surface area contributed by atoms with E-state index in [0.29, 0.717) is 6.42 Å². The second kappa shape index (κ2) is 15.3. The normalized spacial score (nSPS) is 12.7. The molecule has 0 aliphatic rings. The quantitative estimate of drug-likeness (QED) is 0.278. The highest BCUT2D eigenvalue weighted by atomic mass is 32.2. The standard InChI is InChI=1S/C17H32O4S2/c1-2-3-12-17(18)13-9-7-5-4-6-8-10-14-22-15-11-16-23(19,20)21/h17-18H,2-8,10-12,14-16H2,1H3,(H,19,20,21)/t17-/m1/s1. The van der Waals surface area contributed by atoms with Crippen LogP contribution in [0.5, 0.6) is 0 Å². The van der Waals surface area contributed by atoms with E-state index in [4.69, 9.17) is 4.55 Å². The summed E-state index contributed by atoms with van der Waals surface area (Å²) in [5.74, 6) is 7.67. The van der Waals surface area contributed by atoms with Crippen molar-refractivity contribution in [2.75, 3.05) is 17.3 Å². The second-order valence-corrected chi connectivity index (χ2v) is 8.55. The van der Waals surface area contributed by atoms with E-state index in [1.807, 2.05) is 0 Å². The molecule has 0 rings (SSSR count). The summed E-state index contributed by atoms with van der Waals surface area (Å²) in [6.45, 7) is 2.11. The summed E-state index contributed by atoms with van der Waals surface area (Å²) < 4.78 is 29.6. The minimum atomic E-state index is -3.79. The van der Waals surface area contributed by atoms with Gasteiger partial charge in [0.15, 0.2) is 0 Å². The first-order valence-electron chi connectivity index (χ1n) is 8.65. The van der Waals surface area contributed by atoms with Crippen molar-refractivity contribution in [2.45, 2.75) is 77.2 Å². The molecule has 0 aliphatic carbocycles. The Labute approximate surface area is 146 Å². The van der Waals surface area contributed by atoms with Crippen LogP contribution in [0.25, 0.3) is 0 Å². The fourth-order valence-electron chi connectivity index (χ4n) is 2.05. The maximum atomic E-state index is 10.5. The van der Waals surface area contributed by atoms with Gasteiger partial charge in [-0.3, -0.25) is 4.55 Å². The molecule has 6 heteroatoms. The lowest BCUT2D eigenvalue weighted by atomic mass is 10.1. The number of unbranched alkanes of at least 4 members (excludes halogenated alkanes) is 6. The van der Waals surface area contributed by atoms with Crippen molar-refractivity contribution >= 4 is 21.9 Å². The first-order chi connectivity index (χ1) is 11.0. The highest BCUT2D eigenvalue weighted by Gasteiger charge is 2.02. The number of hydrogen-bond acceptors (Lipinski definition) is 4. The van der Waals surface area contributed by atoms with Crippen LogP contribution in [0.15, 0.2) is 0 Å². The molecule has 0 spiro atoms. The Balaban J connectivity index is 3.26. The van der Waals surface area contributed by atoms with E-state index in [0.717, 1.165) is 50.0 Å². The molecule has 0 aromatic carbocycles. The Morgan fingerprint density at radius 3 is 2.35 bits per heavy atom. The largest absolute Gasteiger partial charge is 0.380 e. The Morgan fingerprint density at radius 1 is 1.00 bits per heavy atom. The first kappa shape index (κ1) is 22.8. The summed E-state index contributed by atoms with van der Waals surface area (Å²) in [6.07, 6.45) is 9.66. The third-order valence-corrected chi connectivity index (χ3v) is 5.34. The Bertz CT molecular complexity index is 424. The van der Waals surface area contributed by atoms with Crippen molar-refractivity contribution in [3.05, 3.63) is 0 Å². The highest BCUT2D eigenvalue weighted by molar-refractivity contribution is 7.99. The van der Waals surface area contributed by atoms with Crippen LogP contribution in [0.4, 0.5) is 0 Å². The van der Waals surface area contributed by atoms with Gasteiger partial charge in [-0.1, -0.05) is 44.9 Å². The molecule has 0 aliphatic heterocycles. The topological polar surface area (TPSA) is 74.6 Å². The van der Waals surface area contributed by atoms with Gasteiger partial charge < -0.3 is 5.11 Å². The zero-order valence-corrected chi connectivity index (χ0v) is 15.9. The fraction of sp³-hybridized carbons (Fsp3) is 0.882. The van der Waals surface area contributed by atoms with E-state index in [1.54, 1.807) is 11.8 Å². The molecular weight excluding hydrogens is 332 g/mol. The van der Waals surface area contributed by atoms with Gasteiger partial charge in [-0.15, -0.1) is 5.92 Å². The molecule has 0 bridgehead atoms. The van der Waals surface area contributed by atoms with E-state index < -0.39 is 16.2 Å². The molecular formula is C17H32O4S2. The van der Waals surface area contributed by atoms with Crippen LogP contribution in [0.2, 0.25) is 0 Å². The fourth-order valence-corrected chi connectivity index (χ4v) is 3.71. The number of rotatable bonds is 14. The molecule has 0 fully saturated rings. The zero-order valence-electron chi connectivity index (χ0n) is 14.3. The lowest BCUT2D eigenvalue weighted by molar-refractivity contribution is 0.218. The molecule has 4 nitrogen and oxygen atoms in total. The molecule has 0 amide bonds. The average Bonchev–Trinajstić information content (AvgIpc) is 2.48. The number of aliphatic hydroxyl groups is 1. The Hall–Kier alpha value is -0.220. The van der Waals surface area contributed by atoms with E-state index in [9.17, 15) is 13.5 Å². The van der Waals surface area contributed by atoms with Crippen LogP contribution in [0, 0.1) is 11.8 Å². The number of thioether (sulfide) groups is 1. The maximum absolute atomic E-state index is 10.5. The number of aliphatic hydroxyl groups excluding tert-OH is 1. The van der Waals surface area contributed by atoms with Gasteiger partial charge >= 0.3 is 0 Å². The maximum Gasteiger partial charge on any atom is 0.264 e. The molecule has 0 saturated heterocycles. The van der Waals surface area contributed by atoms with Gasteiger partial charge in [0, 0.05) is 6.42 Å². The molecule has 0 unspecified atom stereocenters. The van der Waals surface area contributed by atoms with Crippen LogP contribution in [0.1, 0.15) is 71.1 Å². The summed E-state index contributed by atoms with van der Waals surface area (Å²) >= 11 is 1.75. The minimum absolute atomic E-state index is 0.131. The highest BCUT2D eigenvalue weighted by Crippen LogP contribution is 2.11. The van der Waals surface area contributed by atoms with Gasteiger partial charge in [-0.2, -0.15) is 20.2 Å². The number of hydrogen-bond donors (Lipinski definition) is 2. The van der Waals surface area contributed by atoms with Crippen molar-refractivity contribution < 1.29 is 18.1 Å². The zero-order chi connectivity index (χ0) is 17.4. The van der Waals surface area contributed by atoms with Gasteiger partial charge in [-0.05, 0) is 37.2 Å². The monoisotopic (exact) mass is 364 g/mol. The summed E-state index contributed by atoms with van der Waals surface area (Å²) in [6, 6.07) is 0. The van der Waals surface area contributed by atoms with Crippen LogP contribution >= 0.6 is 11.8 Å². The second-order valence-electron chi connectivity index (χ2n) is 5.75. The van der Waals surface area contributed by atoms with Gasteiger partial charge in [-0.25, -0.2) is 0 Å². The SMILES string of the molecule is CCCC[C@@H](O)C#CCCCCCCCSCCCS(=O)(=O)O. The first-order valence-corrected chi connectivity index (χ1v) is 11.4. The average molecular weight is 365 g/mol. The predicted molar refractivity (Wildman–Crippen MR) is 99.4 cm³/mol. The van der Waals surface area contributed by atoms with Crippen LogP contribution in [-0.4, -0.2) is 41.4 Å². The molecule has 23 heavy (non-hydrogen) atoms. The third-order valence-electron chi connectivity index (χ3n) is 3.38. The van der Waals surface area contributed by atoms with Gasteiger partial charge in [0.1, 0.15) is 6.10 Å².